The van der Waals surface area contributed by atoms with Crippen molar-refractivity contribution in [1.29, 1.82) is 0 Å². The molecule has 1 aromatic carbocycles. The third-order valence-corrected chi connectivity index (χ3v) is 5.27. The Hall–Kier alpha value is -1.18. The van der Waals surface area contributed by atoms with Crippen LogP contribution in [0, 0.1) is 12.8 Å². The molecule has 0 heterocycles. The van der Waals surface area contributed by atoms with Gasteiger partial charge in [-0.05, 0) is 31.0 Å². The average molecular weight is 360 g/mol. The van der Waals surface area contributed by atoms with Crippen molar-refractivity contribution >= 4 is 31.9 Å². The van der Waals surface area contributed by atoms with Crippen LogP contribution in [-0.2, 0) is 14.8 Å². The van der Waals surface area contributed by atoms with E-state index in [4.69, 9.17) is 5.11 Å². The number of halogens is 1. The Bertz CT molecular complexity index is 669. The van der Waals surface area contributed by atoms with Gasteiger partial charge in [0.05, 0.1) is 10.8 Å². The summed E-state index contributed by atoms with van der Waals surface area (Å²) >= 11 is 3.25. The molecule has 2 unspecified atom stereocenters. The summed E-state index contributed by atoms with van der Waals surface area (Å²) in [5.41, 5.74) is 0.637. The summed E-state index contributed by atoms with van der Waals surface area (Å²) in [4.78, 5) is 11.0. The van der Waals surface area contributed by atoms with Gasteiger partial charge in [-0.25, -0.2) is 13.1 Å². The zero-order chi connectivity index (χ0) is 14.9. The molecular weight excluding hydrogens is 346 g/mol. The van der Waals surface area contributed by atoms with Crippen LogP contribution in [0.15, 0.2) is 39.7 Å². The third-order valence-electron chi connectivity index (χ3n) is 3.15. The number of carbonyl (C=O) groups is 1. The third kappa shape index (κ3) is 3.28. The lowest BCUT2D eigenvalue weighted by Gasteiger charge is -2.14. The lowest BCUT2D eigenvalue weighted by Crippen LogP contribution is -2.33. The molecule has 20 heavy (non-hydrogen) atoms. The second-order valence-corrected chi connectivity index (χ2v) is 7.30. The standard InChI is InChI=1S/C13H14BrNO4S/c1-8-2-4-10(14)7-12(8)20(18,19)15-11-5-3-9(6-11)13(16)17/h2-5,7,9,11,15H,6H2,1H3,(H,16,17). The van der Waals surface area contributed by atoms with E-state index in [1.54, 1.807) is 25.1 Å². The van der Waals surface area contributed by atoms with Crippen molar-refractivity contribution in [3.63, 3.8) is 0 Å². The molecule has 7 heteroatoms. The summed E-state index contributed by atoms with van der Waals surface area (Å²) in [6.07, 6.45) is 3.34. The molecule has 1 aliphatic carbocycles. The first-order chi connectivity index (χ1) is 9.29. The van der Waals surface area contributed by atoms with Gasteiger partial charge in [-0.3, -0.25) is 4.79 Å². The number of nitrogens with one attached hydrogen (secondary N) is 1. The van der Waals surface area contributed by atoms with Crippen LogP contribution in [0.5, 0.6) is 0 Å². The summed E-state index contributed by atoms with van der Waals surface area (Å²) in [6.45, 7) is 1.71. The zero-order valence-corrected chi connectivity index (χ0v) is 13.1. The maximum atomic E-state index is 12.3. The van der Waals surface area contributed by atoms with Gasteiger partial charge in [0, 0.05) is 10.5 Å². The van der Waals surface area contributed by atoms with E-state index in [0.29, 0.717) is 10.0 Å². The van der Waals surface area contributed by atoms with Gasteiger partial charge in [-0.15, -0.1) is 0 Å². The molecule has 0 amide bonds. The van der Waals surface area contributed by atoms with E-state index in [-0.39, 0.29) is 11.3 Å². The van der Waals surface area contributed by atoms with Gasteiger partial charge in [-0.1, -0.05) is 34.1 Å². The van der Waals surface area contributed by atoms with Gasteiger partial charge in [0.25, 0.3) is 0 Å². The highest BCUT2D eigenvalue weighted by Crippen LogP contribution is 2.23. The number of carboxylic acid groups (broad SMARTS) is 1. The highest BCUT2D eigenvalue weighted by atomic mass is 79.9. The number of benzene rings is 1. The molecule has 0 fully saturated rings. The van der Waals surface area contributed by atoms with Crippen molar-refractivity contribution in [2.24, 2.45) is 5.92 Å². The fraction of sp³-hybridized carbons (Fsp3) is 0.308. The van der Waals surface area contributed by atoms with Gasteiger partial charge >= 0.3 is 5.97 Å². The molecule has 0 bridgehead atoms. The van der Waals surface area contributed by atoms with E-state index in [0.717, 1.165) is 0 Å². The second kappa shape index (κ2) is 5.67. The van der Waals surface area contributed by atoms with Crippen molar-refractivity contribution < 1.29 is 18.3 Å². The van der Waals surface area contributed by atoms with Crippen molar-refractivity contribution in [3.8, 4) is 0 Å². The molecule has 0 radical (unpaired) electrons. The van der Waals surface area contributed by atoms with Crippen LogP contribution in [0.1, 0.15) is 12.0 Å². The maximum absolute atomic E-state index is 12.3. The van der Waals surface area contributed by atoms with E-state index in [9.17, 15) is 13.2 Å². The molecule has 1 aliphatic rings. The minimum atomic E-state index is -3.67. The van der Waals surface area contributed by atoms with Gasteiger partial charge in [0.15, 0.2) is 0 Å². The summed E-state index contributed by atoms with van der Waals surface area (Å²) < 4.78 is 27.8. The predicted molar refractivity (Wildman–Crippen MR) is 77.9 cm³/mol. The van der Waals surface area contributed by atoms with E-state index in [1.165, 1.54) is 12.1 Å². The minimum absolute atomic E-state index is 0.194. The SMILES string of the molecule is Cc1ccc(Br)cc1S(=O)(=O)NC1C=CC(C(=O)O)C1. The predicted octanol–water partition coefficient (Wildman–Crippen LogP) is 2.07. The van der Waals surface area contributed by atoms with Crippen molar-refractivity contribution in [2.45, 2.75) is 24.3 Å². The van der Waals surface area contributed by atoms with Gasteiger partial charge in [0.1, 0.15) is 0 Å². The molecular formula is C13H14BrNO4S. The van der Waals surface area contributed by atoms with Crippen molar-refractivity contribution in [1.82, 2.24) is 4.72 Å². The Morgan fingerprint density at radius 3 is 2.70 bits per heavy atom. The highest BCUT2D eigenvalue weighted by Gasteiger charge is 2.28. The average Bonchev–Trinajstić information content (AvgIpc) is 2.80. The zero-order valence-electron chi connectivity index (χ0n) is 10.7. The Kier molecular flexibility index (Phi) is 4.31. The summed E-state index contributed by atoms with van der Waals surface area (Å²) in [6, 6.07) is 4.53. The number of hydrogen-bond acceptors (Lipinski definition) is 3. The molecule has 0 aromatic heterocycles. The fourth-order valence-corrected chi connectivity index (χ4v) is 4.08. The van der Waals surface area contributed by atoms with E-state index in [2.05, 4.69) is 20.7 Å². The quantitative estimate of drug-likeness (QED) is 0.806. The largest absolute Gasteiger partial charge is 0.481 e. The number of rotatable bonds is 4. The molecule has 0 saturated heterocycles. The normalized spacial score (nSPS) is 22.1. The van der Waals surface area contributed by atoms with Gasteiger partial charge < -0.3 is 5.11 Å². The fourth-order valence-electron chi connectivity index (χ4n) is 2.10. The molecule has 1 aromatic rings. The first-order valence-electron chi connectivity index (χ1n) is 5.99. The summed E-state index contributed by atoms with van der Waals surface area (Å²) in [7, 11) is -3.67. The molecule has 2 rings (SSSR count). The van der Waals surface area contributed by atoms with Gasteiger partial charge in [0.2, 0.25) is 10.0 Å². The number of sulfonamides is 1. The van der Waals surface area contributed by atoms with Crippen LogP contribution in [0.3, 0.4) is 0 Å². The van der Waals surface area contributed by atoms with Crippen molar-refractivity contribution in [3.05, 3.63) is 40.4 Å². The van der Waals surface area contributed by atoms with E-state index < -0.39 is 28.0 Å². The van der Waals surface area contributed by atoms with Crippen LogP contribution < -0.4 is 4.72 Å². The Labute approximate surface area is 125 Å². The second-order valence-electron chi connectivity index (χ2n) is 4.70. The van der Waals surface area contributed by atoms with Crippen LogP contribution in [0.2, 0.25) is 0 Å². The Morgan fingerprint density at radius 1 is 1.40 bits per heavy atom. The van der Waals surface area contributed by atoms with Gasteiger partial charge in [-0.2, -0.15) is 0 Å². The summed E-state index contributed by atoms with van der Waals surface area (Å²) in [5.74, 6) is -1.58. The Morgan fingerprint density at radius 2 is 2.10 bits per heavy atom. The maximum Gasteiger partial charge on any atom is 0.310 e. The number of carboxylic acids is 1. The van der Waals surface area contributed by atoms with Crippen LogP contribution >= 0.6 is 15.9 Å². The molecule has 2 atom stereocenters. The summed E-state index contributed by atoms with van der Waals surface area (Å²) in [5, 5.41) is 8.89. The first kappa shape index (κ1) is 15.2. The molecule has 0 aliphatic heterocycles. The number of aliphatic carboxylic acids is 1. The van der Waals surface area contributed by atoms with Crippen LogP contribution in [0.25, 0.3) is 0 Å². The number of hydrogen-bond donors (Lipinski definition) is 2. The van der Waals surface area contributed by atoms with E-state index >= 15 is 0 Å². The molecule has 0 saturated carbocycles. The highest BCUT2D eigenvalue weighted by molar-refractivity contribution is 9.10. The molecule has 108 valence electrons. The molecule has 5 nitrogen and oxygen atoms in total. The molecule has 0 spiro atoms. The van der Waals surface area contributed by atoms with E-state index in [1.807, 2.05) is 0 Å². The lowest BCUT2D eigenvalue weighted by molar-refractivity contribution is -0.140. The Balaban J connectivity index is 2.19. The smallest absolute Gasteiger partial charge is 0.310 e. The minimum Gasteiger partial charge on any atom is -0.481 e. The lowest BCUT2D eigenvalue weighted by atomic mass is 10.1. The first-order valence-corrected chi connectivity index (χ1v) is 8.27. The topological polar surface area (TPSA) is 83.5 Å². The van der Waals surface area contributed by atoms with Crippen molar-refractivity contribution in [2.75, 3.05) is 0 Å². The van der Waals surface area contributed by atoms with Crippen LogP contribution in [-0.4, -0.2) is 25.5 Å². The van der Waals surface area contributed by atoms with Crippen LogP contribution in [0.4, 0.5) is 0 Å². The number of aryl methyl sites for hydroxylation is 1. The monoisotopic (exact) mass is 359 g/mol. The molecule has 2 N–H and O–H groups in total.